The molecule has 0 atom stereocenters. The molecular weight excluding hydrogens is 254 g/mol. The molecule has 0 bridgehead atoms. The van der Waals surface area contributed by atoms with Gasteiger partial charge < -0.3 is 15.5 Å². The third-order valence-corrected chi connectivity index (χ3v) is 3.22. The normalized spacial score (nSPS) is 14.3. The second kappa shape index (κ2) is 8.01. The van der Waals surface area contributed by atoms with Gasteiger partial charge in [-0.2, -0.15) is 0 Å². The minimum absolute atomic E-state index is 0.649. The van der Waals surface area contributed by atoms with Crippen molar-refractivity contribution in [2.75, 3.05) is 30.5 Å². The molecule has 1 heterocycles. The molecule has 6 nitrogen and oxygen atoms in total. The molecule has 2 rings (SSSR count). The van der Waals surface area contributed by atoms with Crippen LogP contribution in [0.15, 0.2) is 6.07 Å². The Bertz CT molecular complexity index is 409. The van der Waals surface area contributed by atoms with Gasteiger partial charge in [0.25, 0.3) is 0 Å². The third-order valence-electron chi connectivity index (χ3n) is 3.22. The van der Waals surface area contributed by atoms with Gasteiger partial charge in [-0.05, 0) is 31.6 Å². The van der Waals surface area contributed by atoms with Crippen LogP contribution in [-0.4, -0.2) is 29.7 Å². The minimum atomic E-state index is 0.649. The molecule has 1 saturated carbocycles. The van der Waals surface area contributed by atoms with Crippen LogP contribution in [0.25, 0.3) is 0 Å². The molecule has 20 heavy (non-hydrogen) atoms. The van der Waals surface area contributed by atoms with Crippen molar-refractivity contribution < 1.29 is 4.74 Å². The van der Waals surface area contributed by atoms with Gasteiger partial charge in [-0.1, -0.05) is 6.92 Å². The maximum atomic E-state index is 5.60. The fourth-order valence-corrected chi connectivity index (χ4v) is 1.92. The molecule has 0 amide bonds. The summed E-state index contributed by atoms with van der Waals surface area (Å²) in [6.07, 6.45) is 5.53. The number of nitrogens with two attached hydrogens (primary N) is 1. The first-order valence-electron chi connectivity index (χ1n) is 7.48. The Morgan fingerprint density at radius 3 is 2.85 bits per heavy atom. The van der Waals surface area contributed by atoms with E-state index in [2.05, 4.69) is 27.6 Å². The topological polar surface area (TPSA) is 85.1 Å². The largest absolute Gasteiger partial charge is 0.381 e. The van der Waals surface area contributed by atoms with Crippen molar-refractivity contribution in [2.24, 2.45) is 11.8 Å². The van der Waals surface area contributed by atoms with Crippen LogP contribution in [0.4, 0.5) is 11.6 Å². The molecule has 0 aromatic carbocycles. The summed E-state index contributed by atoms with van der Waals surface area (Å²) in [5.74, 6) is 8.54. The molecule has 1 fully saturated rings. The van der Waals surface area contributed by atoms with E-state index in [-0.39, 0.29) is 0 Å². The molecule has 0 saturated heterocycles. The van der Waals surface area contributed by atoms with Crippen LogP contribution in [0.1, 0.15) is 38.4 Å². The number of rotatable bonds is 10. The SMILES string of the molecule is CCCc1nc(NN)cc(NCCCOCC2CC2)n1. The lowest BCUT2D eigenvalue weighted by Gasteiger charge is -2.09. The van der Waals surface area contributed by atoms with E-state index >= 15 is 0 Å². The third kappa shape index (κ3) is 5.30. The number of nitrogens with one attached hydrogen (secondary N) is 2. The zero-order valence-corrected chi connectivity index (χ0v) is 12.2. The van der Waals surface area contributed by atoms with Gasteiger partial charge >= 0.3 is 0 Å². The lowest BCUT2D eigenvalue weighted by molar-refractivity contribution is 0.124. The number of nitrogens with zero attached hydrogens (tertiary/aromatic N) is 2. The lowest BCUT2D eigenvalue weighted by Crippen LogP contribution is -2.13. The van der Waals surface area contributed by atoms with Gasteiger partial charge in [0.2, 0.25) is 0 Å². The first-order valence-corrected chi connectivity index (χ1v) is 7.48. The van der Waals surface area contributed by atoms with Gasteiger partial charge in [-0.3, -0.25) is 0 Å². The van der Waals surface area contributed by atoms with Crippen LogP contribution in [-0.2, 0) is 11.2 Å². The average molecular weight is 279 g/mol. The van der Waals surface area contributed by atoms with E-state index in [4.69, 9.17) is 10.6 Å². The molecule has 112 valence electrons. The molecule has 0 aliphatic heterocycles. The van der Waals surface area contributed by atoms with Gasteiger partial charge in [0.05, 0.1) is 0 Å². The van der Waals surface area contributed by atoms with E-state index in [1.807, 2.05) is 6.07 Å². The van der Waals surface area contributed by atoms with Gasteiger partial charge in [-0.15, -0.1) is 0 Å². The van der Waals surface area contributed by atoms with Gasteiger partial charge in [0.15, 0.2) is 0 Å². The monoisotopic (exact) mass is 279 g/mol. The summed E-state index contributed by atoms with van der Waals surface area (Å²) in [6, 6.07) is 1.82. The smallest absolute Gasteiger partial charge is 0.145 e. The van der Waals surface area contributed by atoms with Crippen molar-refractivity contribution in [2.45, 2.75) is 39.0 Å². The van der Waals surface area contributed by atoms with Crippen molar-refractivity contribution in [3.63, 3.8) is 0 Å². The van der Waals surface area contributed by atoms with Crippen molar-refractivity contribution in [3.8, 4) is 0 Å². The highest BCUT2D eigenvalue weighted by atomic mass is 16.5. The molecule has 1 aromatic heterocycles. The Hall–Kier alpha value is -1.40. The van der Waals surface area contributed by atoms with Crippen molar-refractivity contribution in [3.05, 3.63) is 11.9 Å². The molecule has 1 aromatic rings. The molecule has 0 radical (unpaired) electrons. The average Bonchev–Trinajstić information content (AvgIpc) is 3.27. The fourth-order valence-electron chi connectivity index (χ4n) is 1.92. The van der Waals surface area contributed by atoms with E-state index in [1.165, 1.54) is 12.8 Å². The van der Waals surface area contributed by atoms with Gasteiger partial charge in [-0.25, -0.2) is 15.8 Å². The molecule has 1 aliphatic carbocycles. The summed E-state index contributed by atoms with van der Waals surface area (Å²) in [5, 5.41) is 3.30. The number of hydrogen-bond acceptors (Lipinski definition) is 6. The first-order chi connectivity index (χ1) is 9.81. The second-order valence-electron chi connectivity index (χ2n) is 5.25. The van der Waals surface area contributed by atoms with E-state index in [1.54, 1.807) is 0 Å². The molecule has 0 unspecified atom stereocenters. The second-order valence-corrected chi connectivity index (χ2v) is 5.25. The number of hydrogen-bond donors (Lipinski definition) is 3. The summed E-state index contributed by atoms with van der Waals surface area (Å²) in [4.78, 5) is 8.78. The summed E-state index contributed by atoms with van der Waals surface area (Å²) in [5.41, 5.74) is 2.58. The summed E-state index contributed by atoms with van der Waals surface area (Å²) in [6.45, 7) is 4.68. The van der Waals surface area contributed by atoms with Crippen molar-refractivity contribution in [1.82, 2.24) is 9.97 Å². The number of anilines is 2. The van der Waals surface area contributed by atoms with Crippen LogP contribution in [0.5, 0.6) is 0 Å². The highest BCUT2D eigenvalue weighted by Crippen LogP contribution is 2.28. The summed E-state index contributed by atoms with van der Waals surface area (Å²) < 4.78 is 5.60. The highest BCUT2D eigenvalue weighted by Gasteiger charge is 2.20. The standard InChI is InChI=1S/C14H25N5O/c1-2-4-12-17-13(9-14(18-12)19-15)16-7-3-8-20-10-11-5-6-11/h9,11H,2-8,10,15H2,1H3,(H2,16,17,18,19). The van der Waals surface area contributed by atoms with Crippen LogP contribution in [0.3, 0.4) is 0 Å². The number of aryl methyl sites for hydroxylation is 1. The molecule has 0 spiro atoms. The van der Waals surface area contributed by atoms with E-state index in [0.717, 1.165) is 56.6 Å². The molecular formula is C14H25N5O. The Balaban J connectivity index is 1.71. The summed E-state index contributed by atoms with van der Waals surface area (Å²) in [7, 11) is 0. The van der Waals surface area contributed by atoms with E-state index in [9.17, 15) is 0 Å². The Kier molecular flexibility index (Phi) is 6.01. The van der Waals surface area contributed by atoms with E-state index < -0.39 is 0 Å². The quantitative estimate of drug-likeness (QED) is 0.345. The highest BCUT2D eigenvalue weighted by molar-refractivity contribution is 5.46. The molecule has 1 aliphatic rings. The first kappa shape index (κ1) is 15.0. The summed E-state index contributed by atoms with van der Waals surface area (Å²) >= 11 is 0. The molecule has 6 heteroatoms. The fraction of sp³-hybridized carbons (Fsp3) is 0.714. The van der Waals surface area contributed by atoms with Crippen molar-refractivity contribution >= 4 is 11.6 Å². The van der Waals surface area contributed by atoms with Crippen LogP contribution in [0, 0.1) is 5.92 Å². The van der Waals surface area contributed by atoms with Crippen molar-refractivity contribution in [1.29, 1.82) is 0 Å². The predicted molar refractivity (Wildman–Crippen MR) is 80.5 cm³/mol. The lowest BCUT2D eigenvalue weighted by atomic mass is 10.3. The van der Waals surface area contributed by atoms with E-state index in [0.29, 0.717) is 5.82 Å². The number of aromatic nitrogens is 2. The maximum absolute atomic E-state index is 5.60. The van der Waals surface area contributed by atoms with Gasteiger partial charge in [0, 0.05) is 32.2 Å². The Morgan fingerprint density at radius 2 is 2.15 bits per heavy atom. The number of nitrogen functional groups attached to an aromatic ring is 1. The number of ether oxygens (including phenoxy) is 1. The maximum Gasteiger partial charge on any atom is 0.145 e. The predicted octanol–water partition coefficient (Wildman–Crippen LogP) is 1.94. The van der Waals surface area contributed by atoms with Crippen LogP contribution in [0.2, 0.25) is 0 Å². The van der Waals surface area contributed by atoms with Crippen LogP contribution < -0.4 is 16.6 Å². The Labute approximate surface area is 120 Å². The minimum Gasteiger partial charge on any atom is -0.381 e. The van der Waals surface area contributed by atoms with Gasteiger partial charge in [0.1, 0.15) is 17.5 Å². The molecule has 4 N–H and O–H groups in total. The Morgan fingerprint density at radius 1 is 1.35 bits per heavy atom. The number of hydrazine groups is 1. The zero-order chi connectivity index (χ0) is 14.2. The van der Waals surface area contributed by atoms with Crippen LogP contribution >= 0.6 is 0 Å². The zero-order valence-electron chi connectivity index (χ0n) is 12.2.